The van der Waals surface area contributed by atoms with Gasteiger partial charge in [0.15, 0.2) is 11.6 Å². The predicted octanol–water partition coefficient (Wildman–Crippen LogP) is 3.20. The molecule has 114 valence electrons. The first-order valence-electron chi connectivity index (χ1n) is 7.28. The molecule has 0 amide bonds. The number of aryl methyl sites for hydroxylation is 2. The molecule has 0 aliphatic heterocycles. The van der Waals surface area contributed by atoms with Gasteiger partial charge in [0.1, 0.15) is 6.61 Å². The number of hydrogen-bond donors (Lipinski definition) is 1. The van der Waals surface area contributed by atoms with Crippen molar-refractivity contribution in [2.24, 2.45) is 5.73 Å². The Morgan fingerprint density at radius 1 is 1.33 bits per heavy atom. The van der Waals surface area contributed by atoms with E-state index in [2.05, 4.69) is 12.0 Å². The van der Waals surface area contributed by atoms with E-state index in [1.165, 1.54) is 6.07 Å². The van der Waals surface area contributed by atoms with Gasteiger partial charge < -0.3 is 10.5 Å². The zero-order valence-corrected chi connectivity index (χ0v) is 12.8. The highest BCUT2D eigenvalue weighted by Gasteiger charge is 2.10. The lowest BCUT2D eigenvalue weighted by Crippen LogP contribution is -2.08. The number of hydrogen-bond acceptors (Lipinski definition) is 3. The number of ether oxygens (including phenoxy) is 1. The van der Waals surface area contributed by atoms with Crippen LogP contribution in [-0.2, 0) is 19.6 Å². The molecule has 0 saturated carbocycles. The fraction of sp³-hybridized carbons (Fsp3) is 0.438. The molecule has 1 heterocycles. The van der Waals surface area contributed by atoms with Crippen molar-refractivity contribution in [1.82, 2.24) is 9.78 Å². The molecule has 0 unspecified atom stereocenters. The molecule has 21 heavy (non-hydrogen) atoms. The van der Waals surface area contributed by atoms with Crippen LogP contribution in [-0.4, -0.2) is 9.78 Å². The van der Waals surface area contributed by atoms with Gasteiger partial charge in [-0.1, -0.05) is 13.0 Å². The van der Waals surface area contributed by atoms with Gasteiger partial charge in [0.05, 0.1) is 11.4 Å². The Morgan fingerprint density at radius 3 is 2.67 bits per heavy atom. The molecule has 2 N–H and O–H groups in total. The minimum atomic E-state index is -0.386. The molecule has 0 aliphatic rings. The van der Waals surface area contributed by atoms with Crippen molar-refractivity contribution in [3.8, 4) is 5.75 Å². The summed E-state index contributed by atoms with van der Waals surface area (Å²) in [5.74, 6) is -0.149. The lowest BCUT2D eigenvalue weighted by Gasteiger charge is -2.11. The minimum Gasteiger partial charge on any atom is -0.484 e. The van der Waals surface area contributed by atoms with E-state index in [-0.39, 0.29) is 17.6 Å². The van der Waals surface area contributed by atoms with E-state index in [0.717, 1.165) is 29.9 Å². The molecular weight excluding hydrogens is 269 g/mol. The number of rotatable bonds is 6. The van der Waals surface area contributed by atoms with Crippen molar-refractivity contribution >= 4 is 0 Å². The van der Waals surface area contributed by atoms with Crippen LogP contribution in [0.25, 0.3) is 0 Å². The zero-order valence-electron chi connectivity index (χ0n) is 12.8. The zero-order chi connectivity index (χ0) is 15.4. The van der Waals surface area contributed by atoms with Gasteiger partial charge in [-0.25, -0.2) is 4.39 Å². The minimum absolute atomic E-state index is 0.192. The van der Waals surface area contributed by atoms with E-state index in [9.17, 15) is 4.39 Å². The maximum Gasteiger partial charge on any atom is 0.165 e. The Morgan fingerprint density at radius 2 is 2.10 bits per heavy atom. The van der Waals surface area contributed by atoms with Crippen molar-refractivity contribution in [3.63, 3.8) is 0 Å². The lowest BCUT2D eigenvalue weighted by atomic mass is 10.1. The molecule has 5 heteroatoms. The third-order valence-corrected chi connectivity index (χ3v) is 3.43. The van der Waals surface area contributed by atoms with Gasteiger partial charge >= 0.3 is 0 Å². The molecule has 0 spiro atoms. The van der Waals surface area contributed by atoms with Crippen molar-refractivity contribution < 1.29 is 9.13 Å². The maximum atomic E-state index is 14.0. The highest BCUT2D eigenvalue weighted by atomic mass is 19.1. The number of halogens is 1. The molecule has 0 fully saturated rings. The van der Waals surface area contributed by atoms with E-state index in [1.54, 1.807) is 12.1 Å². The first-order chi connectivity index (χ1) is 10.0. The second kappa shape index (κ2) is 6.72. The van der Waals surface area contributed by atoms with Gasteiger partial charge in [0.25, 0.3) is 0 Å². The van der Waals surface area contributed by atoms with E-state index >= 15 is 0 Å². The molecule has 0 aliphatic carbocycles. The maximum absolute atomic E-state index is 14.0. The van der Waals surface area contributed by atoms with Crippen LogP contribution in [0.1, 0.15) is 43.8 Å². The Hall–Kier alpha value is -1.88. The van der Waals surface area contributed by atoms with Crippen molar-refractivity contribution in [2.75, 3.05) is 0 Å². The topological polar surface area (TPSA) is 53.1 Å². The third kappa shape index (κ3) is 3.61. The fourth-order valence-corrected chi connectivity index (χ4v) is 2.15. The predicted molar refractivity (Wildman–Crippen MR) is 80.6 cm³/mol. The smallest absolute Gasteiger partial charge is 0.165 e. The van der Waals surface area contributed by atoms with Crippen LogP contribution in [0.5, 0.6) is 5.75 Å². The van der Waals surface area contributed by atoms with Gasteiger partial charge in [-0.2, -0.15) is 5.10 Å². The van der Waals surface area contributed by atoms with Crippen LogP contribution in [0.3, 0.4) is 0 Å². The molecular formula is C16H22FN3O. The molecule has 2 rings (SSSR count). The molecule has 2 aromatic rings. The third-order valence-electron chi connectivity index (χ3n) is 3.43. The van der Waals surface area contributed by atoms with Gasteiger partial charge in [0, 0.05) is 12.6 Å². The van der Waals surface area contributed by atoms with E-state index in [0.29, 0.717) is 6.61 Å². The molecule has 0 radical (unpaired) electrons. The summed E-state index contributed by atoms with van der Waals surface area (Å²) in [6, 6.07) is 6.65. The standard InChI is InChI=1S/C16H22FN3O/c1-4-13-9-14(20(5-2)19-13)10-21-16-7-6-12(11(3)18)8-15(16)17/h6-9,11H,4-5,10,18H2,1-3H3/t11-/m1/s1. The quantitative estimate of drug-likeness (QED) is 0.889. The van der Waals surface area contributed by atoms with Crippen LogP contribution in [0.4, 0.5) is 4.39 Å². The molecule has 0 bridgehead atoms. The van der Waals surface area contributed by atoms with E-state index in [1.807, 2.05) is 24.6 Å². The van der Waals surface area contributed by atoms with Crippen molar-refractivity contribution in [1.29, 1.82) is 0 Å². The van der Waals surface area contributed by atoms with Gasteiger partial charge in [0.2, 0.25) is 0 Å². The SMILES string of the molecule is CCc1cc(COc2ccc([C@@H](C)N)cc2F)n(CC)n1. The molecule has 4 nitrogen and oxygen atoms in total. The van der Waals surface area contributed by atoms with Gasteiger partial charge in [-0.3, -0.25) is 4.68 Å². The summed E-state index contributed by atoms with van der Waals surface area (Å²) in [4.78, 5) is 0. The van der Waals surface area contributed by atoms with E-state index in [4.69, 9.17) is 10.5 Å². The summed E-state index contributed by atoms with van der Waals surface area (Å²) in [6.07, 6.45) is 0.872. The molecule has 1 aromatic heterocycles. The number of nitrogens with zero attached hydrogens (tertiary/aromatic N) is 2. The number of benzene rings is 1. The summed E-state index contributed by atoms with van der Waals surface area (Å²) in [5.41, 5.74) is 8.46. The summed E-state index contributed by atoms with van der Waals surface area (Å²) in [6.45, 7) is 6.97. The van der Waals surface area contributed by atoms with Crippen LogP contribution in [0.2, 0.25) is 0 Å². The normalized spacial score (nSPS) is 12.4. The van der Waals surface area contributed by atoms with Crippen LogP contribution in [0, 0.1) is 5.82 Å². The van der Waals surface area contributed by atoms with Crippen molar-refractivity contribution in [3.05, 3.63) is 47.0 Å². The average molecular weight is 291 g/mol. The van der Waals surface area contributed by atoms with Crippen LogP contribution >= 0.6 is 0 Å². The highest BCUT2D eigenvalue weighted by molar-refractivity contribution is 5.31. The average Bonchev–Trinajstić information content (AvgIpc) is 2.88. The van der Waals surface area contributed by atoms with Gasteiger partial charge in [-0.05, 0) is 44.0 Å². The molecule has 1 atom stereocenters. The monoisotopic (exact) mass is 291 g/mol. The van der Waals surface area contributed by atoms with Gasteiger partial charge in [-0.15, -0.1) is 0 Å². The second-order valence-electron chi connectivity index (χ2n) is 5.06. The Balaban J connectivity index is 2.11. The Bertz CT molecular complexity index is 608. The number of nitrogens with two attached hydrogens (primary N) is 1. The lowest BCUT2D eigenvalue weighted by molar-refractivity contribution is 0.278. The Kier molecular flexibility index (Phi) is 4.96. The highest BCUT2D eigenvalue weighted by Crippen LogP contribution is 2.22. The summed E-state index contributed by atoms with van der Waals surface area (Å²) < 4.78 is 21.4. The van der Waals surface area contributed by atoms with Crippen LogP contribution in [0.15, 0.2) is 24.3 Å². The summed E-state index contributed by atoms with van der Waals surface area (Å²) in [5, 5.41) is 4.45. The van der Waals surface area contributed by atoms with E-state index < -0.39 is 0 Å². The van der Waals surface area contributed by atoms with Crippen LogP contribution < -0.4 is 10.5 Å². The first-order valence-corrected chi connectivity index (χ1v) is 7.28. The second-order valence-corrected chi connectivity index (χ2v) is 5.06. The molecule has 0 saturated heterocycles. The summed E-state index contributed by atoms with van der Waals surface area (Å²) in [7, 11) is 0. The Labute approximate surface area is 124 Å². The number of aromatic nitrogens is 2. The largest absolute Gasteiger partial charge is 0.484 e. The van der Waals surface area contributed by atoms with Crippen molar-refractivity contribution in [2.45, 2.75) is 46.4 Å². The first kappa shape index (κ1) is 15.5. The molecule has 1 aromatic carbocycles. The summed E-state index contributed by atoms with van der Waals surface area (Å²) >= 11 is 0. The fourth-order valence-electron chi connectivity index (χ4n) is 2.15.